The van der Waals surface area contributed by atoms with Crippen LogP contribution in [0.15, 0.2) is 60.7 Å². The summed E-state index contributed by atoms with van der Waals surface area (Å²) in [6.07, 6.45) is 0.748. The zero-order valence-electron chi connectivity index (χ0n) is 18.0. The lowest BCUT2D eigenvalue weighted by Crippen LogP contribution is -2.28. The Morgan fingerprint density at radius 1 is 0.886 bits per heavy atom. The molecule has 1 unspecified atom stereocenters. The van der Waals surface area contributed by atoms with Gasteiger partial charge in [-0.05, 0) is 70.3 Å². The number of phenolic OH excluding ortho intramolecular Hbond substituents is 5. The zero-order chi connectivity index (χ0) is 25.3. The van der Waals surface area contributed by atoms with Gasteiger partial charge in [0, 0.05) is 18.1 Å². The Bertz CT molecular complexity index is 1400. The molecule has 178 valence electrons. The minimum Gasteiger partial charge on any atom is -0.508 e. The summed E-state index contributed by atoms with van der Waals surface area (Å²) < 4.78 is 5.18. The standard InChI is InChI=1S/C26H20O9/c27-15-3-1-2-14(10-15)17-11-19-16(5-7-21(29)25(19)32)18(17)12-24(31)35-23(26(33)34)9-13-4-6-20(28)22(30)8-13/h1-8,10-12,23,27-30,32H,9H2,(H,33,34)/b18-12-. The molecule has 0 amide bonds. The average molecular weight is 476 g/mol. The van der Waals surface area contributed by atoms with Crippen LogP contribution >= 0.6 is 0 Å². The predicted octanol–water partition coefficient (Wildman–Crippen LogP) is 3.39. The summed E-state index contributed by atoms with van der Waals surface area (Å²) in [6.45, 7) is 0. The van der Waals surface area contributed by atoms with Crippen molar-refractivity contribution in [2.24, 2.45) is 0 Å². The third-order valence-electron chi connectivity index (χ3n) is 5.48. The molecule has 0 bridgehead atoms. The highest BCUT2D eigenvalue weighted by molar-refractivity contribution is 6.21. The van der Waals surface area contributed by atoms with Crippen LogP contribution in [-0.2, 0) is 20.7 Å². The van der Waals surface area contributed by atoms with Gasteiger partial charge in [0.15, 0.2) is 23.0 Å². The first kappa shape index (κ1) is 23.2. The highest BCUT2D eigenvalue weighted by Crippen LogP contribution is 2.47. The molecular weight excluding hydrogens is 456 g/mol. The van der Waals surface area contributed by atoms with Gasteiger partial charge >= 0.3 is 11.9 Å². The van der Waals surface area contributed by atoms with E-state index < -0.39 is 29.5 Å². The van der Waals surface area contributed by atoms with Crippen molar-refractivity contribution in [2.75, 3.05) is 0 Å². The Kier molecular flexibility index (Phi) is 6.07. The molecule has 0 aliphatic heterocycles. The van der Waals surface area contributed by atoms with Gasteiger partial charge in [-0.15, -0.1) is 0 Å². The minimum atomic E-state index is -1.59. The number of hydrogen-bond acceptors (Lipinski definition) is 8. The second-order valence-electron chi connectivity index (χ2n) is 7.85. The molecule has 35 heavy (non-hydrogen) atoms. The van der Waals surface area contributed by atoms with Gasteiger partial charge in [0.1, 0.15) is 5.75 Å². The smallest absolute Gasteiger partial charge is 0.345 e. The van der Waals surface area contributed by atoms with Crippen LogP contribution in [-0.4, -0.2) is 48.7 Å². The lowest BCUT2D eigenvalue weighted by atomic mass is 9.96. The van der Waals surface area contributed by atoms with E-state index in [0.29, 0.717) is 22.3 Å². The first-order chi connectivity index (χ1) is 16.6. The molecule has 1 aliphatic carbocycles. The number of fused-ring (bicyclic) bond motifs is 1. The van der Waals surface area contributed by atoms with Crippen molar-refractivity contribution in [3.63, 3.8) is 0 Å². The summed E-state index contributed by atoms with van der Waals surface area (Å²) in [6, 6.07) is 12.7. The fraction of sp³-hybridized carbons (Fsp3) is 0.0769. The molecule has 0 heterocycles. The van der Waals surface area contributed by atoms with Crippen LogP contribution in [0.25, 0.3) is 17.2 Å². The van der Waals surface area contributed by atoms with Crippen LogP contribution in [0.2, 0.25) is 0 Å². The minimum absolute atomic E-state index is 0.0311. The van der Waals surface area contributed by atoms with Gasteiger partial charge < -0.3 is 35.4 Å². The maximum Gasteiger partial charge on any atom is 0.345 e. The van der Waals surface area contributed by atoms with Gasteiger partial charge in [-0.25, -0.2) is 9.59 Å². The number of carbonyl (C=O) groups is 2. The Balaban J connectivity index is 1.68. The van der Waals surface area contributed by atoms with E-state index in [-0.39, 0.29) is 34.8 Å². The van der Waals surface area contributed by atoms with E-state index in [2.05, 4.69) is 0 Å². The quantitative estimate of drug-likeness (QED) is 0.178. The van der Waals surface area contributed by atoms with E-state index >= 15 is 0 Å². The number of rotatable bonds is 6. The molecule has 3 aromatic carbocycles. The van der Waals surface area contributed by atoms with Crippen LogP contribution in [0.3, 0.4) is 0 Å². The van der Waals surface area contributed by atoms with Gasteiger partial charge in [0.2, 0.25) is 6.10 Å². The second-order valence-corrected chi connectivity index (χ2v) is 7.85. The van der Waals surface area contributed by atoms with Crippen molar-refractivity contribution in [3.8, 4) is 28.7 Å². The highest BCUT2D eigenvalue weighted by Gasteiger charge is 2.27. The summed E-state index contributed by atoms with van der Waals surface area (Å²) in [5.41, 5.74) is 2.19. The summed E-state index contributed by atoms with van der Waals surface area (Å²) in [4.78, 5) is 24.5. The maximum atomic E-state index is 12.8. The maximum absolute atomic E-state index is 12.8. The van der Waals surface area contributed by atoms with E-state index in [1.165, 1.54) is 48.5 Å². The van der Waals surface area contributed by atoms with Gasteiger partial charge in [-0.1, -0.05) is 18.2 Å². The SMILES string of the molecule is O=C(/C=C1\C(c2cccc(O)c2)=Cc2c1ccc(O)c2O)OC(Cc1ccc(O)c(O)c1)C(=O)O. The van der Waals surface area contributed by atoms with E-state index in [9.17, 15) is 40.2 Å². The number of benzene rings is 3. The fourth-order valence-electron chi connectivity index (χ4n) is 3.79. The molecule has 4 rings (SSSR count). The number of hydrogen-bond donors (Lipinski definition) is 6. The number of aromatic hydroxyl groups is 5. The molecule has 3 aromatic rings. The largest absolute Gasteiger partial charge is 0.508 e. The molecule has 1 aliphatic rings. The molecule has 9 nitrogen and oxygen atoms in total. The van der Waals surface area contributed by atoms with E-state index in [1.807, 2.05) is 0 Å². The number of carboxylic acid groups (broad SMARTS) is 1. The molecule has 6 N–H and O–H groups in total. The number of aliphatic carboxylic acids is 1. The fourth-order valence-corrected chi connectivity index (χ4v) is 3.79. The number of esters is 1. The zero-order valence-corrected chi connectivity index (χ0v) is 18.0. The van der Waals surface area contributed by atoms with Gasteiger partial charge in [-0.3, -0.25) is 0 Å². The van der Waals surface area contributed by atoms with Crippen molar-refractivity contribution in [1.82, 2.24) is 0 Å². The number of allylic oxidation sites excluding steroid dienone is 2. The molecule has 0 saturated carbocycles. The topological polar surface area (TPSA) is 165 Å². The first-order valence-corrected chi connectivity index (χ1v) is 10.4. The Labute approximate surface area is 198 Å². The van der Waals surface area contributed by atoms with Gasteiger partial charge in [0.05, 0.1) is 0 Å². The molecule has 0 fully saturated rings. The normalized spacial score (nSPS) is 14.3. The van der Waals surface area contributed by atoms with Crippen molar-refractivity contribution in [1.29, 1.82) is 0 Å². The van der Waals surface area contributed by atoms with Crippen molar-refractivity contribution in [2.45, 2.75) is 12.5 Å². The second kappa shape index (κ2) is 9.14. The van der Waals surface area contributed by atoms with Crippen LogP contribution in [0.4, 0.5) is 0 Å². The summed E-state index contributed by atoms with van der Waals surface area (Å²) in [5.74, 6) is -4.00. The molecule has 1 atom stereocenters. The molecule has 9 heteroatoms. The average Bonchev–Trinajstić information content (AvgIpc) is 3.17. The lowest BCUT2D eigenvalue weighted by Gasteiger charge is -2.14. The van der Waals surface area contributed by atoms with Crippen LogP contribution in [0.5, 0.6) is 28.7 Å². The van der Waals surface area contributed by atoms with Gasteiger partial charge in [0.25, 0.3) is 0 Å². The molecule has 0 saturated heterocycles. The lowest BCUT2D eigenvalue weighted by molar-refractivity contribution is -0.160. The molecular formula is C26H20O9. The summed E-state index contributed by atoms with van der Waals surface area (Å²) in [7, 11) is 0. The number of carboxylic acids is 1. The highest BCUT2D eigenvalue weighted by atomic mass is 16.6. The van der Waals surface area contributed by atoms with Crippen molar-refractivity contribution in [3.05, 3.63) is 82.9 Å². The van der Waals surface area contributed by atoms with E-state index in [1.54, 1.807) is 12.1 Å². The third kappa shape index (κ3) is 4.74. The van der Waals surface area contributed by atoms with Crippen molar-refractivity contribution >= 4 is 29.2 Å². The monoisotopic (exact) mass is 476 g/mol. The number of phenols is 5. The predicted molar refractivity (Wildman–Crippen MR) is 125 cm³/mol. The number of carbonyl (C=O) groups excluding carboxylic acids is 1. The number of ether oxygens (including phenoxy) is 1. The Morgan fingerprint density at radius 3 is 2.31 bits per heavy atom. The molecule has 0 radical (unpaired) electrons. The van der Waals surface area contributed by atoms with Crippen LogP contribution in [0, 0.1) is 0 Å². The first-order valence-electron chi connectivity index (χ1n) is 10.4. The van der Waals surface area contributed by atoms with Crippen LogP contribution in [0.1, 0.15) is 22.3 Å². The summed E-state index contributed by atoms with van der Waals surface area (Å²) in [5, 5.41) is 58.7. The van der Waals surface area contributed by atoms with Crippen LogP contribution < -0.4 is 0 Å². The molecule has 0 aromatic heterocycles. The summed E-state index contributed by atoms with van der Waals surface area (Å²) >= 11 is 0. The van der Waals surface area contributed by atoms with Crippen molar-refractivity contribution < 1.29 is 45.0 Å². The Morgan fingerprint density at radius 2 is 1.63 bits per heavy atom. The van der Waals surface area contributed by atoms with E-state index in [0.717, 1.165) is 6.08 Å². The van der Waals surface area contributed by atoms with Gasteiger partial charge in [-0.2, -0.15) is 0 Å². The van der Waals surface area contributed by atoms with E-state index in [4.69, 9.17) is 4.74 Å². The molecule has 0 spiro atoms. The Hall–Kier alpha value is -4.92. The third-order valence-corrected chi connectivity index (χ3v) is 5.48.